The van der Waals surface area contributed by atoms with Crippen molar-refractivity contribution < 1.29 is 19.1 Å². The highest BCUT2D eigenvalue weighted by Crippen LogP contribution is 2.21. The van der Waals surface area contributed by atoms with Crippen molar-refractivity contribution in [1.29, 1.82) is 0 Å². The van der Waals surface area contributed by atoms with Crippen LogP contribution >= 0.6 is 15.9 Å². The van der Waals surface area contributed by atoms with Crippen LogP contribution in [0.2, 0.25) is 0 Å². The molecule has 0 saturated carbocycles. The Balaban J connectivity index is 2.78. The molecule has 0 aliphatic heterocycles. The summed E-state index contributed by atoms with van der Waals surface area (Å²) in [6.07, 6.45) is -0.156. The summed E-state index contributed by atoms with van der Waals surface area (Å²) in [6.45, 7) is 5.40. The van der Waals surface area contributed by atoms with Crippen molar-refractivity contribution in [3.05, 3.63) is 34.1 Å². The number of carbonyl (C=O) groups excluding carboxylic acids is 1. The highest BCUT2D eigenvalue weighted by atomic mass is 79.9. The van der Waals surface area contributed by atoms with Crippen molar-refractivity contribution in [2.75, 3.05) is 0 Å². The van der Waals surface area contributed by atoms with E-state index in [1.54, 1.807) is 13.0 Å². The third-order valence-electron chi connectivity index (χ3n) is 3.57. The highest BCUT2D eigenvalue weighted by molar-refractivity contribution is 9.10. The van der Waals surface area contributed by atoms with E-state index in [-0.39, 0.29) is 24.7 Å². The Morgan fingerprint density at radius 1 is 1.43 bits per heavy atom. The minimum absolute atomic E-state index is 0.00608. The first-order valence-corrected chi connectivity index (χ1v) is 7.40. The lowest BCUT2D eigenvalue weighted by atomic mass is 9.85. The molecule has 1 rings (SSSR count). The number of aliphatic carboxylic acids is 1. The van der Waals surface area contributed by atoms with Crippen LogP contribution in [-0.2, 0) is 16.0 Å². The Bertz CT molecular complexity index is 548. The van der Waals surface area contributed by atoms with Gasteiger partial charge in [0.1, 0.15) is 5.82 Å². The fourth-order valence-corrected chi connectivity index (χ4v) is 2.15. The summed E-state index contributed by atoms with van der Waals surface area (Å²) in [5, 5.41) is 11.7. The van der Waals surface area contributed by atoms with Crippen LogP contribution in [-0.4, -0.2) is 22.5 Å². The predicted molar refractivity (Wildman–Crippen MR) is 81.4 cm³/mol. The summed E-state index contributed by atoms with van der Waals surface area (Å²) < 4.78 is 13.7. The lowest BCUT2D eigenvalue weighted by Gasteiger charge is -2.33. The SMILES string of the molecule is CC(C)C(C)(CC(=O)O)NC(=O)Cc1ccc(Br)c(F)c1. The van der Waals surface area contributed by atoms with Crippen LogP contribution < -0.4 is 5.32 Å². The molecule has 0 fully saturated rings. The Labute approximate surface area is 131 Å². The minimum atomic E-state index is -0.971. The molecule has 0 saturated heterocycles. The topological polar surface area (TPSA) is 66.4 Å². The second-order valence-electron chi connectivity index (χ2n) is 5.62. The van der Waals surface area contributed by atoms with Gasteiger partial charge in [0.05, 0.1) is 17.3 Å². The second kappa shape index (κ2) is 7.02. The molecule has 1 atom stereocenters. The molecular weight excluding hydrogens is 341 g/mol. The molecule has 0 aliphatic carbocycles. The number of carbonyl (C=O) groups is 2. The van der Waals surface area contributed by atoms with E-state index in [9.17, 15) is 14.0 Å². The highest BCUT2D eigenvalue weighted by Gasteiger charge is 2.32. The largest absolute Gasteiger partial charge is 0.481 e. The lowest BCUT2D eigenvalue weighted by Crippen LogP contribution is -2.51. The number of benzene rings is 1. The number of nitrogens with one attached hydrogen (secondary N) is 1. The number of carboxylic acid groups (broad SMARTS) is 1. The summed E-state index contributed by atoms with van der Waals surface area (Å²) in [5.74, 6) is -1.77. The molecule has 116 valence electrons. The maximum atomic E-state index is 13.4. The van der Waals surface area contributed by atoms with E-state index >= 15 is 0 Å². The summed E-state index contributed by atoms with van der Waals surface area (Å²) in [4.78, 5) is 23.0. The average molecular weight is 360 g/mol. The molecule has 0 spiro atoms. The Morgan fingerprint density at radius 2 is 2.05 bits per heavy atom. The standard InChI is InChI=1S/C15H19BrFNO3/c1-9(2)15(3,8-14(20)21)18-13(19)7-10-4-5-11(16)12(17)6-10/h4-6,9H,7-8H2,1-3H3,(H,18,19)(H,20,21). The fourth-order valence-electron chi connectivity index (χ4n) is 1.90. The predicted octanol–water partition coefficient (Wildman–Crippen LogP) is 3.14. The first-order valence-electron chi connectivity index (χ1n) is 6.61. The van der Waals surface area contributed by atoms with Gasteiger partial charge in [0.15, 0.2) is 0 Å². The van der Waals surface area contributed by atoms with E-state index in [2.05, 4.69) is 21.2 Å². The molecule has 1 aromatic carbocycles. The van der Waals surface area contributed by atoms with Gasteiger partial charge in [-0.3, -0.25) is 9.59 Å². The molecule has 4 nitrogen and oxygen atoms in total. The van der Waals surface area contributed by atoms with Crippen LogP contribution in [0.3, 0.4) is 0 Å². The molecule has 0 aliphatic rings. The maximum Gasteiger partial charge on any atom is 0.305 e. The third kappa shape index (κ3) is 5.12. The zero-order chi connectivity index (χ0) is 16.2. The van der Waals surface area contributed by atoms with Gasteiger partial charge in [-0.25, -0.2) is 4.39 Å². The van der Waals surface area contributed by atoms with E-state index in [4.69, 9.17) is 5.11 Å². The smallest absolute Gasteiger partial charge is 0.305 e. The summed E-state index contributed by atoms with van der Waals surface area (Å²) in [6, 6.07) is 4.47. The fraction of sp³-hybridized carbons (Fsp3) is 0.467. The first kappa shape index (κ1) is 17.6. The van der Waals surface area contributed by atoms with Gasteiger partial charge in [0.25, 0.3) is 0 Å². The van der Waals surface area contributed by atoms with Crippen molar-refractivity contribution in [2.45, 2.75) is 39.2 Å². The summed E-state index contributed by atoms with van der Waals surface area (Å²) in [5.41, 5.74) is -0.300. The molecule has 0 bridgehead atoms. The summed E-state index contributed by atoms with van der Waals surface area (Å²) >= 11 is 3.05. The summed E-state index contributed by atoms with van der Waals surface area (Å²) in [7, 11) is 0. The quantitative estimate of drug-likeness (QED) is 0.819. The number of halogens is 2. The lowest BCUT2D eigenvalue weighted by molar-refractivity contribution is -0.139. The van der Waals surface area contributed by atoms with Crippen molar-refractivity contribution >= 4 is 27.8 Å². The number of carboxylic acids is 1. The van der Waals surface area contributed by atoms with Gasteiger partial charge in [0.2, 0.25) is 5.91 Å². The van der Waals surface area contributed by atoms with Crippen LogP contribution in [0.25, 0.3) is 0 Å². The van der Waals surface area contributed by atoms with Gasteiger partial charge in [-0.15, -0.1) is 0 Å². The van der Waals surface area contributed by atoms with Gasteiger partial charge in [-0.2, -0.15) is 0 Å². The van der Waals surface area contributed by atoms with Gasteiger partial charge >= 0.3 is 5.97 Å². The van der Waals surface area contributed by atoms with E-state index in [0.717, 1.165) is 0 Å². The van der Waals surface area contributed by atoms with Crippen molar-refractivity contribution in [3.8, 4) is 0 Å². The van der Waals surface area contributed by atoms with E-state index in [0.29, 0.717) is 10.0 Å². The van der Waals surface area contributed by atoms with Crippen molar-refractivity contribution in [3.63, 3.8) is 0 Å². The number of amides is 1. The molecule has 1 aromatic rings. The normalized spacial score (nSPS) is 13.8. The second-order valence-corrected chi connectivity index (χ2v) is 6.47. The van der Waals surface area contributed by atoms with Crippen LogP contribution in [0.5, 0.6) is 0 Å². The minimum Gasteiger partial charge on any atom is -0.481 e. The molecule has 0 aromatic heterocycles. The van der Waals surface area contributed by atoms with Crippen LogP contribution in [0, 0.1) is 11.7 Å². The van der Waals surface area contributed by atoms with E-state index in [1.807, 2.05) is 13.8 Å². The molecule has 2 N–H and O–H groups in total. The molecule has 0 radical (unpaired) electrons. The van der Waals surface area contributed by atoms with Gasteiger partial charge in [-0.1, -0.05) is 19.9 Å². The molecule has 1 unspecified atom stereocenters. The average Bonchev–Trinajstić information content (AvgIpc) is 2.32. The van der Waals surface area contributed by atoms with Gasteiger partial charge < -0.3 is 10.4 Å². The molecular formula is C15H19BrFNO3. The van der Waals surface area contributed by atoms with E-state index in [1.165, 1.54) is 12.1 Å². The Morgan fingerprint density at radius 3 is 2.52 bits per heavy atom. The van der Waals surface area contributed by atoms with Crippen LogP contribution in [0.4, 0.5) is 4.39 Å². The van der Waals surface area contributed by atoms with Crippen LogP contribution in [0.15, 0.2) is 22.7 Å². The number of hydrogen-bond acceptors (Lipinski definition) is 2. The third-order valence-corrected chi connectivity index (χ3v) is 4.21. The zero-order valence-corrected chi connectivity index (χ0v) is 13.8. The molecule has 0 heterocycles. The van der Waals surface area contributed by atoms with Crippen LogP contribution in [0.1, 0.15) is 32.8 Å². The van der Waals surface area contributed by atoms with E-state index < -0.39 is 17.3 Å². The first-order chi connectivity index (χ1) is 9.64. The zero-order valence-electron chi connectivity index (χ0n) is 12.2. The maximum absolute atomic E-state index is 13.4. The molecule has 21 heavy (non-hydrogen) atoms. The van der Waals surface area contributed by atoms with Gasteiger partial charge in [0, 0.05) is 5.54 Å². The molecule has 6 heteroatoms. The number of rotatable bonds is 6. The Kier molecular flexibility index (Phi) is 5.89. The Hall–Kier alpha value is -1.43. The van der Waals surface area contributed by atoms with Gasteiger partial charge in [-0.05, 0) is 46.5 Å². The van der Waals surface area contributed by atoms with Crippen molar-refractivity contribution in [2.24, 2.45) is 5.92 Å². The van der Waals surface area contributed by atoms with Crippen molar-refractivity contribution in [1.82, 2.24) is 5.32 Å². The monoisotopic (exact) mass is 359 g/mol. The molecule has 1 amide bonds. The number of hydrogen-bond donors (Lipinski definition) is 2.